The van der Waals surface area contributed by atoms with E-state index < -0.39 is 0 Å². The van der Waals surface area contributed by atoms with Gasteiger partial charge in [0.1, 0.15) is 0 Å². The number of nitrogens with two attached hydrogens (primary N) is 1. The summed E-state index contributed by atoms with van der Waals surface area (Å²) in [5.74, 6) is 5.05. The number of nitrogens with one attached hydrogen (secondary N) is 1. The van der Waals surface area contributed by atoms with E-state index in [1.54, 1.807) is 6.21 Å². The van der Waals surface area contributed by atoms with Crippen molar-refractivity contribution in [1.29, 1.82) is 0 Å². The maximum Gasteiger partial charge on any atom is 0.255 e. The molecule has 0 fully saturated rings. The number of hydrogen-bond acceptors (Lipinski definition) is 3. The summed E-state index contributed by atoms with van der Waals surface area (Å²) in [6, 6.07) is 19.2. The number of hydrazone groups is 1. The van der Waals surface area contributed by atoms with Gasteiger partial charge in [-0.3, -0.25) is 4.79 Å². The summed E-state index contributed by atoms with van der Waals surface area (Å²) in [7, 11) is 0. The first-order chi connectivity index (χ1) is 11.2. The largest absolute Gasteiger partial charge is 0.323 e. The molecule has 23 heavy (non-hydrogen) atoms. The first-order valence-corrected chi connectivity index (χ1v) is 7.31. The molecule has 0 atom stereocenters. The minimum absolute atomic E-state index is 0.122. The molecular weight excluding hydrogens is 286 g/mol. The van der Waals surface area contributed by atoms with Crippen LogP contribution in [0.15, 0.2) is 65.8 Å². The second-order valence-corrected chi connectivity index (χ2v) is 5.42. The molecule has 0 saturated heterocycles. The van der Waals surface area contributed by atoms with Gasteiger partial charge in [0.05, 0.1) is 6.21 Å². The lowest BCUT2D eigenvalue weighted by Gasteiger charge is -2.07. The van der Waals surface area contributed by atoms with Crippen LogP contribution in [0.3, 0.4) is 0 Å². The Balaban J connectivity index is 1.86. The highest BCUT2D eigenvalue weighted by Gasteiger charge is 2.07. The molecule has 0 aliphatic carbocycles. The van der Waals surface area contributed by atoms with Crippen molar-refractivity contribution in [3.05, 3.63) is 77.4 Å². The zero-order valence-electron chi connectivity index (χ0n) is 12.8. The average molecular weight is 303 g/mol. The van der Waals surface area contributed by atoms with E-state index in [2.05, 4.69) is 10.4 Å². The molecule has 0 spiro atoms. The summed E-state index contributed by atoms with van der Waals surface area (Å²) in [4.78, 5) is 12.4. The third kappa shape index (κ3) is 3.37. The third-order valence-electron chi connectivity index (χ3n) is 3.66. The number of benzene rings is 3. The quantitative estimate of drug-likeness (QED) is 0.440. The number of amides is 1. The number of hydrogen-bond donors (Lipinski definition) is 2. The second kappa shape index (κ2) is 6.32. The van der Waals surface area contributed by atoms with Crippen LogP contribution >= 0.6 is 0 Å². The van der Waals surface area contributed by atoms with Crippen molar-refractivity contribution in [3.63, 3.8) is 0 Å². The summed E-state index contributed by atoms with van der Waals surface area (Å²) in [6.45, 7) is 2.01. The highest BCUT2D eigenvalue weighted by Crippen LogP contribution is 2.19. The SMILES string of the molecule is Cc1ccc(NC(=O)c2ccc3cc(C=NN)ccc3c2)cc1. The van der Waals surface area contributed by atoms with Crippen LogP contribution in [-0.2, 0) is 0 Å². The van der Waals surface area contributed by atoms with E-state index >= 15 is 0 Å². The highest BCUT2D eigenvalue weighted by molar-refractivity contribution is 6.06. The van der Waals surface area contributed by atoms with Crippen LogP contribution in [0.1, 0.15) is 21.5 Å². The monoisotopic (exact) mass is 303 g/mol. The molecule has 4 nitrogen and oxygen atoms in total. The number of fused-ring (bicyclic) bond motifs is 1. The van der Waals surface area contributed by atoms with Crippen molar-refractivity contribution in [2.45, 2.75) is 6.92 Å². The Morgan fingerprint density at radius 3 is 2.43 bits per heavy atom. The number of nitrogens with zero attached hydrogens (tertiary/aromatic N) is 1. The van der Waals surface area contributed by atoms with Gasteiger partial charge in [-0.25, -0.2) is 0 Å². The molecule has 0 radical (unpaired) electrons. The summed E-state index contributed by atoms with van der Waals surface area (Å²) in [6.07, 6.45) is 1.59. The molecule has 0 saturated carbocycles. The molecule has 0 aliphatic rings. The molecule has 3 N–H and O–H groups in total. The fourth-order valence-corrected chi connectivity index (χ4v) is 2.41. The lowest BCUT2D eigenvalue weighted by atomic mass is 10.0. The molecule has 0 unspecified atom stereocenters. The van der Waals surface area contributed by atoms with Gasteiger partial charge in [-0.05, 0) is 53.6 Å². The molecule has 0 heterocycles. The van der Waals surface area contributed by atoms with Gasteiger partial charge in [0.25, 0.3) is 5.91 Å². The van der Waals surface area contributed by atoms with E-state index in [0.717, 1.165) is 27.6 Å². The Morgan fingerprint density at radius 2 is 1.70 bits per heavy atom. The Kier molecular flexibility index (Phi) is 4.06. The van der Waals surface area contributed by atoms with E-state index in [0.29, 0.717) is 5.56 Å². The van der Waals surface area contributed by atoms with Crippen molar-refractivity contribution < 1.29 is 4.79 Å². The van der Waals surface area contributed by atoms with E-state index in [1.807, 2.05) is 67.6 Å². The van der Waals surface area contributed by atoms with Crippen LogP contribution in [0, 0.1) is 6.92 Å². The van der Waals surface area contributed by atoms with Gasteiger partial charge < -0.3 is 11.2 Å². The molecule has 0 aromatic heterocycles. The predicted octanol–water partition coefficient (Wildman–Crippen LogP) is 3.69. The maximum absolute atomic E-state index is 12.4. The number of rotatable bonds is 3. The molecule has 3 aromatic carbocycles. The summed E-state index contributed by atoms with van der Waals surface area (Å²) in [5, 5.41) is 8.46. The van der Waals surface area contributed by atoms with Crippen LogP contribution in [0.4, 0.5) is 5.69 Å². The molecule has 3 rings (SSSR count). The van der Waals surface area contributed by atoms with Crippen LogP contribution in [0.2, 0.25) is 0 Å². The molecule has 4 heteroatoms. The first-order valence-electron chi connectivity index (χ1n) is 7.31. The maximum atomic E-state index is 12.4. The number of carbonyl (C=O) groups is 1. The summed E-state index contributed by atoms with van der Waals surface area (Å²) in [5.41, 5.74) is 3.50. The highest BCUT2D eigenvalue weighted by atomic mass is 16.1. The zero-order valence-corrected chi connectivity index (χ0v) is 12.8. The topological polar surface area (TPSA) is 67.5 Å². The Hall–Kier alpha value is -3.14. The van der Waals surface area contributed by atoms with Gasteiger partial charge in [0.15, 0.2) is 0 Å². The predicted molar refractivity (Wildman–Crippen MR) is 94.9 cm³/mol. The Morgan fingerprint density at radius 1 is 1.00 bits per heavy atom. The average Bonchev–Trinajstić information content (AvgIpc) is 2.56. The lowest BCUT2D eigenvalue weighted by molar-refractivity contribution is 0.102. The second-order valence-electron chi connectivity index (χ2n) is 5.42. The number of carbonyl (C=O) groups excluding carboxylic acids is 1. The van der Waals surface area contributed by atoms with Crippen molar-refractivity contribution in [3.8, 4) is 0 Å². The zero-order chi connectivity index (χ0) is 16.2. The molecule has 0 aliphatic heterocycles. The van der Waals surface area contributed by atoms with Crippen LogP contribution in [-0.4, -0.2) is 12.1 Å². The van der Waals surface area contributed by atoms with Gasteiger partial charge in [-0.15, -0.1) is 0 Å². The Bertz CT molecular complexity index is 883. The molecule has 0 bridgehead atoms. The van der Waals surface area contributed by atoms with Gasteiger partial charge >= 0.3 is 0 Å². The molecule has 114 valence electrons. The minimum Gasteiger partial charge on any atom is -0.323 e. The standard InChI is InChI=1S/C19H17N3O/c1-13-2-8-18(9-3-13)22-19(23)17-7-6-15-10-14(12-21-20)4-5-16(15)11-17/h2-12H,20H2,1H3,(H,22,23). The van der Waals surface area contributed by atoms with E-state index in [4.69, 9.17) is 5.84 Å². The van der Waals surface area contributed by atoms with Gasteiger partial charge in [-0.1, -0.05) is 35.9 Å². The number of anilines is 1. The van der Waals surface area contributed by atoms with Gasteiger partial charge in [0, 0.05) is 11.3 Å². The third-order valence-corrected chi connectivity index (χ3v) is 3.66. The summed E-state index contributed by atoms with van der Waals surface area (Å²) < 4.78 is 0. The molecule has 3 aromatic rings. The Labute approximate surface area is 134 Å². The van der Waals surface area contributed by atoms with Crippen molar-refractivity contribution in [1.82, 2.24) is 0 Å². The lowest BCUT2D eigenvalue weighted by Crippen LogP contribution is -2.11. The fourth-order valence-electron chi connectivity index (χ4n) is 2.41. The van der Waals surface area contributed by atoms with E-state index in [1.165, 1.54) is 0 Å². The number of aryl methyl sites for hydroxylation is 1. The molecular formula is C19H17N3O. The van der Waals surface area contributed by atoms with Gasteiger partial charge in [0.2, 0.25) is 0 Å². The minimum atomic E-state index is -0.122. The summed E-state index contributed by atoms with van der Waals surface area (Å²) >= 11 is 0. The van der Waals surface area contributed by atoms with Crippen LogP contribution in [0.5, 0.6) is 0 Å². The smallest absolute Gasteiger partial charge is 0.255 e. The van der Waals surface area contributed by atoms with Crippen molar-refractivity contribution in [2.24, 2.45) is 10.9 Å². The van der Waals surface area contributed by atoms with Crippen molar-refractivity contribution in [2.75, 3.05) is 5.32 Å². The molecule has 1 amide bonds. The van der Waals surface area contributed by atoms with E-state index in [-0.39, 0.29) is 5.91 Å². The van der Waals surface area contributed by atoms with Crippen molar-refractivity contribution >= 4 is 28.6 Å². The van der Waals surface area contributed by atoms with Gasteiger partial charge in [-0.2, -0.15) is 5.10 Å². The first kappa shape index (κ1) is 14.8. The van der Waals surface area contributed by atoms with Crippen LogP contribution < -0.4 is 11.2 Å². The normalized spacial score (nSPS) is 11.0. The fraction of sp³-hybridized carbons (Fsp3) is 0.0526. The van der Waals surface area contributed by atoms with Crippen LogP contribution in [0.25, 0.3) is 10.8 Å². The van der Waals surface area contributed by atoms with E-state index in [9.17, 15) is 4.79 Å².